The van der Waals surface area contributed by atoms with Crippen LogP contribution in [0.5, 0.6) is 0 Å². The summed E-state index contributed by atoms with van der Waals surface area (Å²) in [6, 6.07) is 0. The lowest BCUT2D eigenvalue weighted by Gasteiger charge is -2.02. The molecule has 0 aromatic heterocycles. The maximum absolute atomic E-state index is 5.72. The van der Waals surface area contributed by atoms with Gasteiger partial charge in [0.1, 0.15) is 0 Å². The quantitative estimate of drug-likeness (QED) is 0.290. The molecule has 0 spiro atoms. The second-order valence-electron chi connectivity index (χ2n) is 4.21. The van der Waals surface area contributed by atoms with Crippen molar-refractivity contribution in [3.8, 4) is 0 Å². The summed E-state index contributed by atoms with van der Waals surface area (Å²) in [7, 11) is 0. The molecule has 0 rings (SSSR count). The van der Waals surface area contributed by atoms with Crippen molar-refractivity contribution in [2.45, 2.75) is 71.1 Å². The van der Waals surface area contributed by atoms with Crippen LogP contribution in [0.4, 0.5) is 0 Å². The van der Waals surface area contributed by atoms with Gasteiger partial charge >= 0.3 is 0 Å². The third-order valence-corrected chi connectivity index (χ3v) is 4.35. The van der Waals surface area contributed by atoms with Gasteiger partial charge in [-0.1, -0.05) is 87.2 Å². The van der Waals surface area contributed by atoms with E-state index in [2.05, 4.69) is 6.92 Å². The molecule has 0 aliphatic rings. The van der Waals surface area contributed by atoms with Gasteiger partial charge in [0.25, 0.3) is 0 Å². The maximum Gasteiger partial charge on any atom is 0.0854 e. The predicted octanol–water partition coefficient (Wildman–Crippen LogP) is 6.70. The minimum atomic E-state index is -0.691. The summed E-state index contributed by atoms with van der Waals surface area (Å²) in [5, 5.41) is 0. The lowest BCUT2D eigenvalue weighted by molar-refractivity contribution is 0.563. The molecule has 0 N–H and O–H groups in total. The minimum Gasteiger partial charge on any atom is -0.0781 e. The van der Waals surface area contributed by atoms with Gasteiger partial charge in [-0.05, 0) is 12.6 Å². The molecule has 0 saturated carbocycles. The molecule has 0 aromatic carbocycles. The fraction of sp³-hybridized carbons (Fsp3) is 1.00. The summed E-state index contributed by atoms with van der Waals surface area (Å²) in [5.41, 5.74) is 0. The molecule has 0 aliphatic carbocycles. The van der Waals surface area contributed by atoms with E-state index in [0.29, 0.717) is 0 Å². The van der Waals surface area contributed by atoms with Crippen molar-refractivity contribution >= 4 is 29.1 Å². The van der Waals surface area contributed by atoms with Crippen LogP contribution < -0.4 is 0 Å². The number of unbranched alkanes of at least 4 members (excludes halogenated alkanes) is 9. The molecule has 0 heterocycles. The molecule has 0 unspecified atom stereocenters. The summed E-state index contributed by atoms with van der Waals surface area (Å²) in [6.07, 6.45) is 14.8. The zero-order chi connectivity index (χ0) is 11.4. The largest absolute Gasteiger partial charge is 0.0854 e. The molecule has 0 bridgehead atoms. The molecule has 0 nitrogen and oxygen atoms in total. The standard InChI is InChI=1S/C12H25Cl2P/c1-2-3-4-5-6-7-8-9-10-11-12-15(13)14/h2-12H2,1H3. The smallest absolute Gasteiger partial charge is 0.0781 e. The third-order valence-electron chi connectivity index (χ3n) is 2.68. The molecule has 0 saturated heterocycles. The first-order valence-corrected chi connectivity index (χ1v) is 9.70. The summed E-state index contributed by atoms with van der Waals surface area (Å²) in [4.78, 5) is 0. The van der Waals surface area contributed by atoms with Crippen LogP contribution in [-0.4, -0.2) is 6.16 Å². The van der Waals surface area contributed by atoms with E-state index in [-0.39, 0.29) is 0 Å². The highest BCUT2D eigenvalue weighted by atomic mass is 35.9. The van der Waals surface area contributed by atoms with Crippen LogP contribution in [0.3, 0.4) is 0 Å². The highest BCUT2D eigenvalue weighted by Gasteiger charge is 1.97. The average molecular weight is 271 g/mol. The first-order valence-electron chi connectivity index (χ1n) is 6.36. The minimum absolute atomic E-state index is 0.691. The van der Waals surface area contributed by atoms with E-state index in [1.807, 2.05) is 0 Å². The molecule has 0 fully saturated rings. The molecule has 15 heavy (non-hydrogen) atoms. The fourth-order valence-electron chi connectivity index (χ4n) is 1.72. The Morgan fingerprint density at radius 3 is 1.47 bits per heavy atom. The van der Waals surface area contributed by atoms with Crippen LogP contribution >= 0.6 is 29.1 Å². The van der Waals surface area contributed by atoms with Gasteiger partial charge in [-0.25, -0.2) is 0 Å². The Morgan fingerprint density at radius 2 is 1.07 bits per heavy atom. The molecule has 3 heteroatoms. The summed E-state index contributed by atoms with van der Waals surface area (Å²) in [6.45, 7) is 1.58. The average Bonchev–Trinajstić information content (AvgIpc) is 2.20. The molecule has 0 amide bonds. The molecular formula is C12H25Cl2P. The molecule has 0 atom stereocenters. The van der Waals surface area contributed by atoms with Crippen LogP contribution in [0.1, 0.15) is 71.1 Å². The Kier molecular flexibility index (Phi) is 14.0. The molecule has 0 aromatic rings. The Hall–Kier alpha value is 1.01. The van der Waals surface area contributed by atoms with E-state index in [1.54, 1.807) is 0 Å². The first-order chi connectivity index (χ1) is 7.27. The topological polar surface area (TPSA) is 0 Å². The zero-order valence-corrected chi connectivity index (χ0v) is 12.4. The van der Waals surface area contributed by atoms with Gasteiger partial charge in [0.15, 0.2) is 0 Å². The van der Waals surface area contributed by atoms with Crippen LogP contribution in [0.25, 0.3) is 0 Å². The van der Waals surface area contributed by atoms with Crippen molar-refractivity contribution in [2.24, 2.45) is 0 Å². The lowest BCUT2D eigenvalue weighted by atomic mass is 10.1. The van der Waals surface area contributed by atoms with Crippen LogP contribution in [0, 0.1) is 0 Å². The van der Waals surface area contributed by atoms with Gasteiger partial charge in [-0.3, -0.25) is 0 Å². The second kappa shape index (κ2) is 13.1. The van der Waals surface area contributed by atoms with Crippen molar-refractivity contribution in [3.05, 3.63) is 0 Å². The van der Waals surface area contributed by atoms with Crippen molar-refractivity contribution in [1.82, 2.24) is 0 Å². The van der Waals surface area contributed by atoms with Crippen LogP contribution in [0.15, 0.2) is 0 Å². The summed E-state index contributed by atoms with van der Waals surface area (Å²) in [5.74, 6) is 0. The Labute approximate surface area is 106 Å². The van der Waals surface area contributed by atoms with Crippen molar-refractivity contribution in [2.75, 3.05) is 6.16 Å². The van der Waals surface area contributed by atoms with Crippen molar-refractivity contribution in [3.63, 3.8) is 0 Å². The lowest BCUT2D eigenvalue weighted by Crippen LogP contribution is -1.82. The van der Waals surface area contributed by atoms with Crippen LogP contribution in [0.2, 0.25) is 0 Å². The predicted molar refractivity (Wildman–Crippen MR) is 75.3 cm³/mol. The molecule has 92 valence electrons. The highest BCUT2D eigenvalue weighted by Crippen LogP contribution is 2.47. The SMILES string of the molecule is CCCCCCCCCCCCP(Cl)Cl. The van der Waals surface area contributed by atoms with E-state index in [0.717, 1.165) is 6.16 Å². The Balaban J connectivity index is 2.87. The number of hydrogen-bond acceptors (Lipinski definition) is 0. The molecular weight excluding hydrogens is 246 g/mol. The Morgan fingerprint density at radius 1 is 0.667 bits per heavy atom. The Bertz CT molecular complexity index is 118. The van der Waals surface area contributed by atoms with Crippen molar-refractivity contribution < 1.29 is 0 Å². The summed E-state index contributed by atoms with van der Waals surface area (Å²) < 4.78 is 0. The van der Waals surface area contributed by atoms with Crippen molar-refractivity contribution in [1.29, 1.82) is 0 Å². The fourth-order valence-corrected chi connectivity index (χ4v) is 2.90. The maximum atomic E-state index is 5.72. The van der Waals surface area contributed by atoms with E-state index in [9.17, 15) is 0 Å². The van der Waals surface area contributed by atoms with Gasteiger partial charge in [0.05, 0.1) is 6.63 Å². The normalized spacial score (nSPS) is 11.2. The van der Waals surface area contributed by atoms with E-state index < -0.39 is 6.63 Å². The first kappa shape index (κ1) is 16.0. The van der Waals surface area contributed by atoms with Crippen LogP contribution in [-0.2, 0) is 0 Å². The van der Waals surface area contributed by atoms with Gasteiger partial charge in [0, 0.05) is 0 Å². The van der Waals surface area contributed by atoms with Gasteiger partial charge in [-0.15, -0.1) is 0 Å². The molecule has 0 radical (unpaired) electrons. The van der Waals surface area contributed by atoms with Gasteiger partial charge < -0.3 is 0 Å². The molecule has 0 aliphatic heterocycles. The zero-order valence-electron chi connectivity index (χ0n) is 9.98. The van der Waals surface area contributed by atoms with Gasteiger partial charge in [-0.2, -0.15) is 0 Å². The second-order valence-corrected chi connectivity index (χ2v) is 8.23. The van der Waals surface area contributed by atoms with Gasteiger partial charge in [0.2, 0.25) is 0 Å². The number of rotatable bonds is 11. The van der Waals surface area contributed by atoms with E-state index >= 15 is 0 Å². The van der Waals surface area contributed by atoms with E-state index in [4.69, 9.17) is 22.5 Å². The third kappa shape index (κ3) is 15.0. The number of halogens is 2. The van der Waals surface area contributed by atoms with E-state index in [1.165, 1.54) is 64.2 Å². The highest BCUT2D eigenvalue weighted by molar-refractivity contribution is 8.03. The monoisotopic (exact) mass is 270 g/mol. The number of hydrogen-bond donors (Lipinski definition) is 0. The summed E-state index contributed by atoms with van der Waals surface area (Å²) >= 11 is 11.4.